The number of alkyl halides is 3. The van der Waals surface area contributed by atoms with Crippen molar-refractivity contribution >= 4 is 28.3 Å². The van der Waals surface area contributed by atoms with Gasteiger partial charge in [-0.05, 0) is 55.8 Å². The molecular formula is C26H24F4N6O2. The molecule has 4 aromatic rings. The minimum absolute atomic E-state index is 0.0171. The predicted octanol–water partition coefficient (Wildman–Crippen LogP) is 4.64. The molecule has 0 radical (unpaired) electrons. The van der Waals surface area contributed by atoms with E-state index in [1.165, 1.54) is 6.20 Å². The van der Waals surface area contributed by atoms with Gasteiger partial charge >= 0.3 is 6.18 Å². The van der Waals surface area contributed by atoms with Gasteiger partial charge in [0.2, 0.25) is 11.8 Å². The Morgan fingerprint density at radius 2 is 1.82 bits per heavy atom. The zero-order valence-electron chi connectivity index (χ0n) is 20.0. The Morgan fingerprint density at radius 1 is 1.08 bits per heavy atom. The van der Waals surface area contributed by atoms with Gasteiger partial charge in [0.05, 0.1) is 23.1 Å². The van der Waals surface area contributed by atoms with E-state index in [1.807, 2.05) is 0 Å². The van der Waals surface area contributed by atoms with Crippen LogP contribution in [0.1, 0.15) is 24.0 Å². The number of aromatic amines is 1. The number of hydrogen-bond donors (Lipinski definition) is 5. The van der Waals surface area contributed by atoms with Crippen LogP contribution < -0.4 is 16.0 Å². The maximum atomic E-state index is 14.6. The molecule has 5 N–H and O–H groups in total. The van der Waals surface area contributed by atoms with Crippen molar-refractivity contribution in [3.05, 3.63) is 65.6 Å². The summed E-state index contributed by atoms with van der Waals surface area (Å²) in [6.45, 7) is 1.74. The number of anilines is 2. The fraction of sp³-hybridized carbons (Fsp3) is 0.269. The number of nitrogens with one attached hydrogen (secondary N) is 4. The molecule has 1 fully saturated rings. The van der Waals surface area contributed by atoms with E-state index in [0.717, 1.165) is 49.7 Å². The summed E-state index contributed by atoms with van der Waals surface area (Å²) in [6, 6.07) is 9.60. The molecule has 0 bridgehead atoms. The van der Waals surface area contributed by atoms with E-state index in [9.17, 15) is 27.5 Å². The Bertz CT molecular complexity index is 1460. The van der Waals surface area contributed by atoms with Gasteiger partial charge in [-0.25, -0.2) is 14.4 Å². The molecule has 0 unspecified atom stereocenters. The van der Waals surface area contributed by atoms with Crippen LogP contribution >= 0.6 is 0 Å². The molecule has 0 atom stereocenters. The Labute approximate surface area is 214 Å². The lowest BCUT2D eigenvalue weighted by Crippen LogP contribution is -2.43. The summed E-state index contributed by atoms with van der Waals surface area (Å²) in [6.07, 6.45) is -1.59. The highest BCUT2D eigenvalue weighted by atomic mass is 19.4. The third kappa shape index (κ3) is 5.40. The molecule has 198 valence electrons. The van der Waals surface area contributed by atoms with Crippen molar-refractivity contribution in [1.29, 1.82) is 0 Å². The van der Waals surface area contributed by atoms with Crippen LogP contribution in [0.4, 0.5) is 29.1 Å². The normalized spacial score (nSPS) is 14.5. The second kappa shape index (κ2) is 10.3. The Morgan fingerprint density at radius 3 is 2.53 bits per heavy atom. The van der Waals surface area contributed by atoms with Gasteiger partial charge in [-0.15, -0.1) is 0 Å². The first-order valence-corrected chi connectivity index (χ1v) is 12.0. The molecule has 1 aliphatic rings. The summed E-state index contributed by atoms with van der Waals surface area (Å²) in [4.78, 5) is 23.2. The monoisotopic (exact) mass is 528 g/mol. The maximum Gasteiger partial charge on any atom is 0.417 e. The Balaban J connectivity index is 1.41. The van der Waals surface area contributed by atoms with E-state index in [1.54, 1.807) is 24.3 Å². The van der Waals surface area contributed by atoms with Crippen molar-refractivity contribution in [2.45, 2.75) is 31.5 Å². The van der Waals surface area contributed by atoms with E-state index >= 15 is 0 Å². The number of halogens is 4. The van der Waals surface area contributed by atoms with Crippen molar-refractivity contribution in [2.24, 2.45) is 0 Å². The lowest BCUT2D eigenvalue weighted by Gasteiger charge is -2.23. The van der Waals surface area contributed by atoms with Crippen LogP contribution in [0.5, 0.6) is 5.88 Å². The fourth-order valence-electron chi connectivity index (χ4n) is 4.49. The number of amides is 1. The summed E-state index contributed by atoms with van der Waals surface area (Å²) in [5.74, 6) is -2.02. The molecule has 1 amide bonds. The quantitative estimate of drug-likeness (QED) is 0.233. The summed E-state index contributed by atoms with van der Waals surface area (Å²) in [7, 11) is 0. The number of fused-ring (bicyclic) bond motifs is 1. The van der Waals surface area contributed by atoms with E-state index in [2.05, 4.69) is 30.9 Å². The third-order valence-corrected chi connectivity index (χ3v) is 6.35. The number of piperidine rings is 1. The van der Waals surface area contributed by atoms with Crippen LogP contribution in [0.2, 0.25) is 0 Å². The molecule has 8 nitrogen and oxygen atoms in total. The lowest BCUT2D eigenvalue weighted by atomic mass is 10.1. The van der Waals surface area contributed by atoms with Crippen LogP contribution in [0.25, 0.3) is 22.3 Å². The first-order valence-electron chi connectivity index (χ1n) is 12.0. The van der Waals surface area contributed by atoms with Crippen molar-refractivity contribution < 1.29 is 27.5 Å². The van der Waals surface area contributed by atoms with E-state index < -0.39 is 28.9 Å². The van der Waals surface area contributed by atoms with Crippen LogP contribution in [0.15, 0.2) is 48.7 Å². The number of hydrogen-bond acceptors (Lipinski definition) is 6. The number of benzene rings is 2. The summed E-state index contributed by atoms with van der Waals surface area (Å²) < 4.78 is 55.5. The van der Waals surface area contributed by atoms with Crippen LogP contribution in [0.3, 0.4) is 0 Å². The first kappa shape index (κ1) is 25.5. The van der Waals surface area contributed by atoms with Gasteiger partial charge in [0, 0.05) is 17.9 Å². The number of aromatic nitrogens is 3. The number of carbonyl (C=O) groups excluding carboxylic acids is 1. The molecule has 0 spiro atoms. The summed E-state index contributed by atoms with van der Waals surface area (Å²) in [5, 5.41) is 19.6. The first-order chi connectivity index (χ1) is 18.2. The molecular weight excluding hydrogens is 504 g/mol. The predicted molar refractivity (Wildman–Crippen MR) is 133 cm³/mol. The molecule has 5 rings (SSSR count). The molecule has 0 aliphatic carbocycles. The van der Waals surface area contributed by atoms with Gasteiger partial charge in [0.15, 0.2) is 5.82 Å². The van der Waals surface area contributed by atoms with Crippen molar-refractivity contribution in [3.63, 3.8) is 0 Å². The molecule has 0 saturated carbocycles. The number of H-pyrrole nitrogens is 1. The van der Waals surface area contributed by atoms with Crippen molar-refractivity contribution in [1.82, 2.24) is 25.6 Å². The molecule has 1 aliphatic heterocycles. The van der Waals surface area contributed by atoms with Crippen molar-refractivity contribution in [2.75, 3.05) is 18.4 Å². The number of rotatable bonds is 6. The topological polar surface area (TPSA) is 115 Å². The SMILES string of the molecule is O=C(Cc1ccc(Nc2nc(-c3c(F)cccc3C(F)(F)F)nc3c[nH]c(O)c23)cc1)NC1CCNCC1. The zero-order valence-corrected chi connectivity index (χ0v) is 20.0. The van der Waals surface area contributed by atoms with Crippen LogP contribution in [-0.2, 0) is 17.4 Å². The highest BCUT2D eigenvalue weighted by molar-refractivity contribution is 5.96. The van der Waals surface area contributed by atoms with Gasteiger partial charge in [-0.3, -0.25) is 4.79 Å². The van der Waals surface area contributed by atoms with E-state index in [4.69, 9.17) is 0 Å². The Hall–Kier alpha value is -4.19. The summed E-state index contributed by atoms with van der Waals surface area (Å²) in [5.41, 5.74) is -0.655. The average Bonchev–Trinajstić information content (AvgIpc) is 3.26. The fourth-order valence-corrected chi connectivity index (χ4v) is 4.49. The van der Waals surface area contributed by atoms with E-state index in [-0.39, 0.29) is 41.0 Å². The third-order valence-electron chi connectivity index (χ3n) is 6.35. The minimum Gasteiger partial charge on any atom is -0.494 e. The molecule has 1 saturated heterocycles. The highest BCUT2D eigenvalue weighted by Gasteiger charge is 2.36. The van der Waals surface area contributed by atoms with Gasteiger partial charge < -0.3 is 26.0 Å². The zero-order chi connectivity index (χ0) is 26.9. The number of nitrogens with zero attached hydrogens (tertiary/aromatic N) is 2. The number of carbonyl (C=O) groups is 1. The van der Waals surface area contributed by atoms with Gasteiger partial charge in [-0.1, -0.05) is 18.2 Å². The molecule has 2 aromatic heterocycles. The lowest BCUT2D eigenvalue weighted by molar-refractivity contribution is -0.137. The van der Waals surface area contributed by atoms with Gasteiger partial charge in [-0.2, -0.15) is 13.2 Å². The second-order valence-corrected chi connectivity index (χ2v) is 9.04. The maximum absolute atomic E-state index is 14.6. The standard InChI is InChI=1S/C26H24F4N6O2/c27-18-3-1-2-17(26(28,29)30)21(18)23-35-19-13-32-25(38)22(19)24(36-23)34-15-6-4-14(5-7-15)12-20(37)33-16-8-10-31-11-9-16/h1-7,13,16,31-32,38H,8-12H2,(H,33,37)(H,34,35,36). The van der Waals surface area contributed by atoms with Crippen LogP contribution in [-0.4, -0.2) is 45.1 Å². The largest absolute Gasteiger partial charge is 0.494 e. The van der Waals surface area contributed by atoms with Gasteiger partial charge in [0.25, 0.3) is 0 Å². The summed E-state index contributed by atoms with van der Waals surface area (Å²) >= 11 is 0. The smallest absolute Gasteiger partial charge is 0.417 e. The average molecular weight is 529 g/mol. The minimum atomic E-state index is -4.83. The molecule has 12 heteroatoms. The Kier molecular flexibility index (Phi) is 6.89. The second-order valence-electron chi connectivity index (χ2n) is 9.04. The van der Waals surface area contributed by atoms with E-state index in [0.29, 0.717) is 5.69 Å². The van der Waals surface area contributed by atoms with Gasteiger partial charge in [0.1, 0.15) is 17.0 Å². The molecule has 3 heterocycles. The number of aromatic hydroxyl groups is 1. The molecule has 2 aromatic carbocycles. The van der Waals surface area contributed by atoms with Crippen LogP contribution in [0, 0.1) is 5.82 Å². The highest BCUT2D eigenvalue weighted by Crippen LogP contribution is 2.39. The van der Waals surface area contributed by atoms with Crippen molar-refractivity contribution in [3.8, 4) is 17.3 Å². The molecule has 38 heavy (non-hydrogen) atoms.